The topological polar surface area (TPSA) is 66.8 Å². The van der Waals surface area contributed by atoms with E-state index in [4.69, 9.17) is 9.84 Å². The number of aromatic hydroxyl groups is 1. The summed E-state index contributed by atoms with van der Waals surface area (Å²) in [4.78, 5) is 10.7. The largest absolute Gasteiger partial charge is 0.508 e. The van der Waals surface area contributed by atoms with Gasteiger partial charge in [-0.25, -0.2) is 0 Å². The quantitative estimate of drug-likeness (QED) is 0.538. The molecule has 4 nitrogen and oxygen atoms in total. The summed E-state index contributed by atoms with van der Waals surface area (Å²) >= 11 is 0. The van der Waals surface area contributed by atoms with Crippen molar-refractivity contribution in [2.45, 2.75) is 25.7 Å². The Morgan fingerprint density at radius 3 is 2.65 bits per heavy atom. The zero-order chi connectivity index (χ0) is 12.5. The summed E-state index contributed by atoms with van der Waals surface area (Å²) in [6.07, 6.45) is 4.35. The molecule has 1 rings (SSSR count). The summed E-state index contributed by atoms with van der Waals surface area (Å²) in [5.74, 6) is 0.558. The van der Waals surface area contributed by atoms with Crippen LogP contribution in [0.5, 0.6) is 11.5 Å². The summed E-state index contributed by atoms with van der Waals surface area (Å²) in [7, 11) is 0. The fourth-order valence-corrected chi connectivity index (χ4v) is 1.51. The van der Waals surface area contributed by atoms with Gasteiger partial charge in [-0.05, 0) is 37.5 Å². The number of carbonyl (C=O) groups excluding carboxylic acids is 1. The third-order valence-corrected chi connectivity index (χ3v) is 2.43. The van der Waals surface area contributed by atoms with Gasteiger partial charge in [-0.15, -0.1) is 0 Å². The minimum absolute atomic E-state index is 0.0578. The number of benzene rings is 1. The first-order valence-corrected chi connectivity index (χ1v) is 5.80. The van der Waals surface area contributed by atoms with Crippen LogP contribution < -0.4 is 4.74 Å². The molecule has 0 atom stereocenters. The average Bonchev–Trinajstić information content (AvgIpc) is 2.35. The minimum atomic E-state index is 0.0578. The third kappa shape index (κ3) is 4.87. The lowest BCUT2D eigenvalue weighted by molar-refractivity contribution is 0.111. The van der Waals surface area contributed by atoms with Gasteiger partial charge < -0.3 is 14.9 Å². The van der Waals surface area contributed by atoms with Gasteiger partial charge in [-0.2, -0.15) is 0 Å². The smallest absolute Gasteiger partial charge is 0.153 e. The minimum Gasteiger partial charge on any atom is -0.508 e. The molecule has 0 unspecified atom stereocenters. The Hall–Kier alpha value is -1.55. The van der Waals surface area contributed by atoms with Crippen LogP contribution in [0.4, 0.5) is 0 Å². The number of carbonyl (C=O) groups is 1. The van der Waals surface area contributed by atoms with Gasteiger partial charge in [-0.1, -0.05) is 6.42 Å². The van der Waals surface area contributed by atoms with E-state index in [1.54, 1.807) is 6.07 Å². The zero-order valence-electron chi connectivity index (χ0n) is 9.76. The number of hydrogen-bond donors (Lipinski definition) is 2. The molecular formula is C13H18O4. The molecule has 0 aliphatic heterocycles. The van der Waals surface area contributed by atoms with Crippen molar-refractivity contribution >= 4 is 6.29 Å². The van der Waals surface area contributed by atoms with Crippen molar-refractivity contribution in [2.75, 3.05) is 13.2 Å². The molecule has 0 radical (unpaired) electrons. The molecule has 4 heteroatoms. The highest BCUT2D eigenvalue weighted by atomic mass is 16.5. The first-order valence-electron chi connectivity index (χ1n) is 5.80. The van der Waals surface area contributed by atoms with Crippen LogP contribution >= 0.6 is 0 Å². The fourth-order valence-electron chi connectivity index (χ4n) is 1.51. The lowest BCUT2D eigenvalue weighted by atomic mass is 10.2. The van der Waals surface area contributed by atoms with Crippen LogP contribution in [0.3, 0.4) is 0 Å². The molecule has 0 bridgehead atoms. The summed E-state index contributed by atoms with van der Waals surface area (Å²) in [6, 6.07) is 4.47. The summed E-state index contributed by atoms with van der Waals surface area (Å²) in [5, 5.41) is 17.8. The van der Waals surface area contributed by atoms with Crippen molar-refractivity contribution in [3.8, 4) is 11.5 Å². The van der Waals surface area contributed by atoms with Gasteiger partial charge in [0.25, 0.3) is 0 Å². The van der Waals surface area contributed by atoms with Gasteiger partial charge in [-0.3, -0.25) is 4.79 Å². The van der Waals surface area contributed by atoms with Crippen LogP contribution in [0, 0.1) is 0 Å². The van der Waals surface area contributed by atoms with Crippen LogP contribution in [0.25, 0.3) is 0 Å². The molecule has 2 N–H and O–H groups in total. The van der Waals surface area contributed by atoms with Crippen molar-refractivity contribution in [1.29, 1.82) is 0 Å². The Bertz CT molecular complexity index is 349. The molecule has 0 aliphatic rings. The van der Waals surface area contributed by atoms with Gasteiger partial charge in [0.2, 0.25) is 0 Å². The second-order valence-electron chi connectivity index (χ2n) is 3.83. The molecule has 0 spiro atoms. The van der Waals surface area contributed by atoms with E-state index in [-0.39, 0.29) is 12.4 Å². The molecule has 0 heterocycles. The van der Waals surface area contributed by atoms with E-state index >= 15 is 0 Å². The number of phenolic OH excluding ortho intramolecular Hbond substituents is 1. The molecule has 0 aliphatic carbocycles. The Kier molecular flexibility index (Phi) is 6.10. The SMILES string of the molecule is O=Cc1cc(O)ccc1OCCCCCCO. The first-order chi connectivity index (χ1) is 8.27. The number of ether oxygens (including phenoxy) is 1. The monoisotopic (exact) mass is 238 g/mol. The third-order valence-electron chi connectivity index (χ3n) is 2.43. The molecule has 0 saturated carbocycles. The maximum Gasteiger partial charge on any atom is 0.153 e. The van der Waals surface area contributed by atoms with Crippen molar-refractivity contribution in [3.63, 3.8) is 0 Å². The molecule has 1 aromatic rings. The van der Waals surface area contributed by atoms with E-state index in [1.807, 2.05) is 0 Å². The van der Waals surface area contributed by atoms with E-state index in [0.29, 0.717) is 24.2 Å². The Balaban J connectivity index is 2.33. The standard InChI is InChI=1S/C13H18O4/c14-7-3-1-2-4-8-17-13-6-5-12(16)9-11(13)10-15/h5-6,9-10,14,16H,1-4,7-8H2. The van der Waals surface area contributed by atoms with Crippen LogP contribution in [0.15, 0.2) is 18.2 Å². The zero-order valence-corrected chi connectivity index (χ0v) is 9.76. The van der Waals surface area contributed by atoms with Crippen LogP contribution in [-0.2, 0) is 0 Å². The lowest BCUT2D eigenvalue weighted by Crippen LogP contribution is -2.00. The number of phenols is 1. The second-order valence-corrected chi connectivity index (χ2v) is 3.83. The van der Waals surface area contributed by atoms with Gasteiger partial charge >= 0.3 is 0 Å². The molecule has 0 amide bonds. The van der Waals surface area contributed by atoms with Crippen molar-refractivity contribution in [3.05, 3.63) is 23.8 Å². The number of aldehydes is 1. The normalized spacial score (nSPS) is 10.2. The van der Waals surface area contributed by atoms with Crippen LogP contribution in [0.2, 0.25) is 0 Å². The first kappa shape index (κ1) is 13.5. The Labute approximate surface area is 101 Å². The number of hydrogen-bond acceptors (Lipinski definition) is 4. The van der Waals surface area contributed by atoms with Crippen molar-refractivity contribution in [2.24, 2.45) is 0 Å². The predicted octanol–water partition coefficient (Wildman–Crippen LogP) is 2.14. The van der Waals surface area contributed by atoms with Gasteiger partial charge in [0.15, 0.2) is 6.29 Å². The summed E-state index contributed by atoms with van der Waals surface area (Å²) < 4.78 is 5.46. The molecular weight excluding hydrogens is 220 g/mol. The van der Waals surface area contributed by atoms with E-state index in [2.05, 4.69) is 0 Å². The van der Waals surface area contributed by atoms with Gasteiger partial charge in [0, 0.05) is 6.61 Å². The van der Waals surface area contributed by atoms with E-state index < -0.39 is 0 Å². The van der Waals surface area contributed by atoms with E-state index in [9.17, 15) is 9.90 Å². The van der Waals surface area contributed by atoms with E-state index in [1.165, 1.54) is 12.1 Å². The molecule has 0 saturated heterocycles. The summed E-state index contributed by atoms with van der Waals surface area (Å²) in [5.41, 5.74) is 0.361. The van der Waals surface area contributed by atoms with Gasteiger partial charge in [0.1, 0.15) is 11.5 Å². The maximum absolute atomic E-state index is 10.7. The second kappa shape index (κ2) is 7.68. The number of aliphatic hydroxyl groups excluding tert-OH is 1. The highest BCUT2D eigenvalue weighted by Crippen LogP contribution is 2.22. The lowest BCUT2D eigenvalue weighted by Gasteiger charge is -2.08. The van der Waals surface area contributed by atoms with E-state index in [0.717, 1.165) is 25.7 Å². The summed E-state index contributed by atoms with van der Waals surface area (Å²) in [6.45, 7) is 0.769. The fraction of sp³-hybridized carbons (Fsp3) is 0.462. The molecule has 1 aromatic carbocycles. The Morgan fingerprint density at radius 1 is 1.18 bits per heavy atom. The highest BCUT2D eigenvalue weighted by Gasteiger charge is 2.03. The van der Waals surface area contributed by atoms with Crippen molar-refractivity contribution in [1.82, 2.24) is 0 Å². The van der Waals surface area contributed by atoms with Gasteiger partial charge in [0.05, 0.1) is 12.2 Å². The molecule has 0 fully saturated rings. The van der Waals surface area contributed by atoms with Crippen LogP contribution in [0.1, 0.15) is 36.0 Å². The Morgan fingerprint density at radius 2 is 1.94 bits per heavy atom. The highest BCUT2D eigenvalue weighted by molar-refractivity contribution is 5.80. The average molecular weight is 238 g/mol. The molecule has 0 aromatic heterocycles. The van der Waals surface area contributed by atoms with Crippen LogP contribution in [-0.4, -0.2) is 29.7 Å². The predicted molar refractivity (Wildman–Crippen MR) is 64.5 cm³/mol. The number of unbranched alkanes of at least 4 members (excludes halogenated alkanes) is 3. The number of rotatable bonds is 8. The maximum atomic E-state index is 10.7. The molecule has 94 valence electrons. The molecule has 17 heavy (non-hydrogen) atoms. The number of aliphatic hydroxyl groups is 1. The van der Waals surface area contributed by atoms with Crippen molar-refractivity contribution < 1.29 is 19.7 Å².